The van der Waals surface area contributed by atoms with Gasteiger partial charge in [0, 0.05) is 41.1 Å². The maximum atomic E-state index is 13.4. The third-order valence-electron chi connectivity index (χ3n) is 8.94. The number of carboxylic acids is 1. The van der Waals surface area contributed by atoms with Gasteiger partial charge in [0.05, 0.1) is 11.1 Å². The van der Waals surface area contributed by atoms with Gasteiger partial charge in [-0.3, -0.25) is 4.79 Å². The van der Waals surface area contributed by atoms with E-state index in [9.17, 15) is 18.4 Å². The number of rotatable bonds is 9. The number of carboxylic acid groups (broad SMARTS) is 1. The smallest absolute Gasteiger partial charge is 0.335 e. The van der Waals surface area contributed by atoms with Crippen LogP contribution in [0.1, 0.15) is 108 Å². The van der Waals surface area contributed by atoms with Crippen LogP contribution in [0.3, 0.4) is 0 Å². The van der Waals surface area contributed by atoms with E-state index in [0.717, 1.165) is 19.4 Å². The van der Waals surface area contributed by atoms with Crippen molar-refractivity contribution in [3.63, 3.8) is 0 Å². The van der Waals surface area contributed by atoms with E-state index in [1.54, 1.807) is 23.5 Å². The molecule has 2 unspecified atom stereocenters. The number of thiophene rings is 1. The maximum absolute atomic E-state index is 13.4. The van der Waals surface area contributed by atoms with Crippen LogP contribution in [-0.2, 0) is 6.42 Å². The standard InChI is InChI=1S/C31H40F2N2O3S/c32-31(33)13-11-25(12-14-31)35-29(36)24-16-28(39-19-24)26-17-27(26)34-18-22-4-2-1-3-20(5-6-22)15-21-7-9-23(10-8-21)30(37)38/h7-10,16,19-20,22,25-27,34H,1-6,11-15,17-18H2,(H,35,36)(H,37,38)/t20?,22?,26-,27-/m1/s1. The summed E-state index contributed by atoms with van der Waals surface area (Å²) in [6.07, 6.45) is 9.96. The van der Waals surface area contributed by atoms with Crippen LogP contribution in [0, 0.1) is 11.8 Å². The second-order valence-electron chi connectivity index (χ2n) is 12.0. The average Bonchev–Trinajstić information content (AvgIpc) is 3.50. The number of benzene rings is 1. The zero-order chi connectivity index (χ0) is 27.4. The van der Waals surface area contributed by atoms with Crippen molar-refractivity contribution >= 4 is 23.2 Å². The average molecular weight is 559 g/mol. The minimum atomic E-state index is -2.58. The maximum Gasteiger partial charge on any atom is 0.335 e. The molecule has 0 aliphatic heterocycles. The molecule has 0 radical (unpaired) electrons. The molecule has 3 N–H and O–H groups in total. The zero-order valence-corrected chi connectivity index (χ0v) is 23.3. The predicted octanol–water partition coefficient (Wildman–Crippen LogP) is 7.03. The molecule has 8 heteroatoms. The van der Waals surface area contributed by atoms with Crippen LogP contribution in [0.5, 0.6) is 0 Å². The first kappa shape index (κ1) is 28.2. The van der Waals surface area contributed by atoms with E-state index in [4.69, 9.17) is 5.11 Å². The van der Waals surface area contributed by atoms with Gasteiger partial charge in [0.15, 0.2) is 0 Å². The molecular formula is C31H40F2N2O3S. The molecule has 3 aliphatic rings. The van der Waals surface area contributed by atoms with E-state index in [-0.39, 0.29) is 24.8 Å². The van der Waals surface area contributed by atoms with Crippen LogP contribution in [-0.4, -0.2) is 41.5 Å². The lowest BCUT2D eigenvalue weighted by atomic mass is 9.82. The molecule has 4 atom stereocenters. The molecule has 1 aromatic carbocycles. The van der Waals surface area contributed by atoms with Gasteiger partial charge in [-0.2, -0.15) is 0 Å². The number of nitrogens with one attached hydrogen (secondary N) is 2. The molecule has 1 amide bonds. The summed E-state index contributed by atoms with van der Waals surface area (Å²) in [6.45, 7) is 1.03. The van der Waals surface area contributed by atoms with Crippen LogP contribution in [0.15, 0.2) is 35.7 Å². The molecule has 2 aromatic rings. The number of carbonyl (C=O) groups excluding carboxylic acids is 1. The second kappa shape index (κ2) is 12.5. The highest BCUT2D eigenvalue weighted by atomic mass is 32.1. The van der Waals surface area contributed by atoms with E-state index < -0.39 is 11.9 Å². The summed E-state index contributed by atoms with van der Waals surface area (Å²) in [5.74, 6) is -1.81. The molecular weight excluding hydrogens is 518 g/mol. The second-order valence-corrected chi connectivity index (χ2v) is 12.9. The monoisotopic (exact) mass is 558 g/mol. The van der Waals surface area contributed by atoms with E-state index >= 15 is 0 Å². The van der Waals surface area contributed by atoms with Crippen molar-refractivity contribution in [3.8, 4) is 0 Å². The van der Waals surface area contributed by atoms with E-state index in [1.807, 2.05) is 23.6 Å². The van der Waals surface area contributed by atoms with Crippen LogP contribution in [0.2, 0.25) is 0 Å². The van der Waals surface area contributed by atoms with Crippen molar-refractivity contribution < 1.29 is 23.5 Å². The highest BCUT2D eigenvalue weighted by Crippen LogP contribution is 2.44. The number of hydrogen-bond acceptors (Lipinski definition) is 4. The van der Waals surface area contributed by atoms with Crippen LogP contribution < -0.4 is 10.6 Å². The van der Waals surface area contributed by atoms with Crippen LogP contribution in [0.25, 0.3) is 0 Å². The Morgan fingerprint density at radius 3 is 2.36 bits per heavy atom. The first-order valence-electron chi connectivity index (χ1n) is 14.6. The summed E-state index contributed by atoms with van der Waals surface area (Å²) in [6, 6.07) is 9.65. The lowest BCUT2D eigenvalue weighted by Gasteiger charge is -2.28. The summed E-state index contributed by atoms with van der Waals surface area (Å²) in [7, 11) is 0. The van der Waals surface area contributed by atoms with Gasteiger partial charge >= 0.3 is 5.97 Å². The fraction of sp³-hybridized carbons (Fsp3) is 0.613. The van der Waals surface area contributed by atoms with E-state index in [0.29, 0.717) is 47.8 Å². The molecule has 5 nitrogen and oxygen atoms in total. The third-order valence-corrected chi connectivity index (χ3v) is 10.0. The zero-order valence-electron chi connectivity index (χ0n) is 22.5. The lowest BCUT2D eigenvalue weighted by molar-refractivity contribution is -0.0399. The number of aromatic carboxylic acids is 1. The molecule has 212 valence electrons. The predicted molar refractivity (Wildman–Crippen MR) is 150 cm³/mol. The summed E-state index contributed by atoms with van der Waals surface area (Å²) in [5.41, 5.74) is 2.23. The Kier molecular flexibility index (Phi) is 9.02. The molecule has 0 bridgehead atoms. The Hall–Kier alpha value is -2.32. The lowest BCUT2D eigenvalue weighted by Crippen LogP contribution is -2.40. The largest absolute Gasteiger partial charge is 0.478 e. The van der Waals surface area contributed by atoms with Gasteiger partial charge < -0.3 is 15.7 Å². The first-order valence-corrected chi connectivity index (χ1v) is 15.5. The Morgan fingerprint density at radius 2 is 1.64 bits per heavy atom. The summed E-state index contributed by atoms with van der Waals surface area (Å²) in [4.78, 5) is 25.0. The molecule has 39 heavy (non-hydrogen) atoms. The van der Waals surface area contributed by atoms with Gasteiger partial charge in [0.1, 0.15) is 0 Å². The van der Waals surface area contributed by atoms with Gasteiger partial charge in [-0.1, -0.05) is 31.4 Å². The van der Waals surface area contributed by atoms with Crippen molar-refractivity contribution in [1.82, 2.24) is 10.6 Å². The Labute approximate surface area is 233 Å². The minimum Gasteiger partial charge on any atom is -0.478 e. The Bertz CT molecular complexity index is 1130. The molecule has 3 fully saturated rings. The Morgan fingerprint density at radius 1 is 0.949 bits per heavy atom. The van der Waals surface area contributed by atoms with Gasteiger partial charge in [-0.05, 0) is 87.1 Å². The Balaban J connectivity index is 1.04. The SMILES string of the molecule is O=C(O)c1ccc(CC2CCCCC(CN[C@@H]3C[C@H]3c3cc(C(=O)NC4CCC(F)(F)CC4)cs3)CC2)cc1. The summed E-state index contributed by atoms with van der Waals surface area (Å²) in [5, 5.41) is 17.8. The number of amides is 1. The fourth-order valence-corrected chi connectivity index (χ4v) is 7.39. The fourth-order valence-electron chi connectivity index (χ4n) is 6.32. The van der Waals surface area contributed by atoms with Crippen LogP contribution in [0.4, 0.5) is 8.78 Å². The third kappa shape index (κ3) is 7.88. The quantitative estimate of drug-likeness (QED) is 0.309. The number of carbonyl (C=O) groups is 2. The van der Waals surface area contributed by atoms with E-state index in [2.05, 4.69) is 10.6 Å². The molecule has 3 saturated carbocycles. The summed E-state index contributed by atoms with van der Waals surface area (Å²) < 4.78 is 26.8. The van der Waals surface area contributed by atoms with E-state index in [1.165, 1.54) is 49.0 Å². The number of hydrogen-bond donors (Lipinski definition) is 3. The summed E-state index contributed by atoms with van der Waals surface area (Å²) >= 11 is 1.63. The van der Waals surface area contributed by atoms with Crippen molar-refractivity contribution in [2.45, 2.75) is 101 Å². The van der Waals surface area contributed by atoms with Crippen molar-refractivity contribution in [1.29, 1.82) is 0 Å². The van der Waals surface area contributed by atoms with Gasteiger partial charge in [0.25, 0.3) is 5.91 Å². The highest BCUT2D eigenvalue weighted by Gasteiger charge is 2.40. The van der Waals surface area contributed by atoms with Crippen molar-refractivity contribution in [2.75, 3.05) is 6.54 Å². The molecule has 1 aromatic heterocycles. The first-order chi connectivity index (χ1) is 18.8. The molecule has 1 heterocycles. The van der Waals surface area contributed by atoms with Gasteiger partial charge in [0.2, 0.25) is 5.92 Å². The normalized spacial score (nSPS) is 27.3. The number of alkyl halides is 2. The van der Waals surface area contributed by atoms with Gasteiger partial charge in [-0.15, -0.1) is 11.3 Å². The molecule has 0 saturated heterocycles. The van der Waals surface area contributed by atoms with Crippen molar-refractivity contribution in [2.24, 2.45) is 11.8 Å². The molecule has 5 rings (SSSR count). The number of halogens is 2. The topological polar surface area (TPSA) is 78.4 Å². The van der Waals surface area contributed by atoms with Crippen molar-refractivity contribution in [3.05, 3.63) is 57.3 Å². The minimum absolute atomic E-state index is 0.139. The highest BCUT2D eigenvalue weighted by molar-refractivity contribution is 7.10. The molecule has 0 spiro atoms. The van der Waals surface area contributed by atoms with Crippen LogP contribution >= 0.6 is 11.3 Å². The molecule has 3 aliphatic carbocycles. The van der Waals surface area contributed by atoms with Gasteiger partial charge in [-0.25, -0.2) is 13.6 Å².